The number of fused-ring (bicyclic) bond motifs is 1. The largest absolute Gasteiger partial charge is 0.465 e. The van der Waals surface area contributed by atoms with Gasteiger partial charge in [0.2, 0.25) is 0 Å². The Kier molecular flexibility index (Phi) is 4.37. The molecule has 0 saturated carbocycles. The summed E-state index contributed by atoms with van der Waals surface area (Å²) in [4.78, 5) is 16.6. The molecule has 128 valence electrons. The molecule has 0 aliphatic heterocycles. The van der Waals surface area contributed by atoms with Crippen LogP contribution >= 0.6 is 11.3 Å². The van der Waals surface area contributed by atoms with Gasteiger partial charge in [0, 0.05) is 17.3 Å². The normalized spacial score (nSPS) is 10.7. The average molecular weight is 360 g/mol. The van der Waals surface area contributed by atoms with Crippen LogP contribution in [-0.2, 0) is 4.74 Å². The van der Waals surface area contributed by atoms with Crippen LogP contribution in [0.2, 0.25) is 0 Å². The van der Waals surface area contributed by atoms with Gasteiger partial charge in [0.25, 0.3) is 0 Å². The maximum Gasteiger partial charge on any atom is 0.348 e. The van der Waals surface area contributed by atoms with E-state index in [1.807, 2.05) is 36.4 Å². The molecule has 0 aliphatic rings. The van der Waals surface area contributed by atoms with Crippen LogP contribution in [0, 0.1) is 0 Å². The Hall–Kier alpha value is -3.18. The number of carbonyl (C=O) groups excluding carboxylic acids is 1. The van der Waals surface area contributed by atoms with Gasteiger partial charge in [-0.3, -0.25) is 4.98 Å². The van der Waals surface area contributed by atoms with Crippen LogP contribution in [0.15, 0.2) is 73.1 Å². The van der Waals surface area contributed by atoms with E-state index in [1.54, 1.807) is 12.4 Å². The first kappa shape index (κ1) is 16.3. The molecular formula is C21H16N2O2S. The van der Waals surface area contributed by atoms with Crippen molar-refractivity contribution < 1.29 is 9.53 Å². The minimum Gasteiger partial charge on any atom is -0.465 e. The summed E-state index contributed by atoms with van der Waals surface area (Å²) in [7, 11) is 1.39. The van der Waals surface area contributed by atoms with Crippen molar-refractivity contribution in [2.75, 3.05) is 12.4 Å². The van der Waals surface area contributed by atoms with E-state index in [0.717, 1.165) is 27.0 Å². The topological polar surface area (TPSA) is 51.2 Å². The molecule has 2 aromatic carbocycles. The second-order valence-corrected chi connectivity index (χ2v) is 6.85. The van der Waals surface area contributed by atoms with Crippen LogP contribution in [0.1, 0.15) is 9.67 Å². The van der Waals surface area contributed by atoms with Gasteiger partial charge in [-0.2, -0.15) is 0 Å². The first-order valence-electron chi connectivity index (χ1n) is 8.13. The average Bonchev–Trinajstić information content (AvgIpc) is 3.14. The molecule has 0 unspecified atom stereocenters. The van der Waals surface area contributed by atoms with E-state index < -0.39 is 0 Å². The summed E-state index contributed by atoms with van der Waals surface area (Å²) in [6.45, 7) is 0. The van der Waals surface area contributed by atoms with Gasteiger partial charge in [-0.15, -0.1) is 11.3 Å². The summed E-state index contributed by atoms with van der Waals surface area (Å²) in [6.07, 6.45) is 3.53. The fraction of sp³-hybridized carbons (Fsp3) is 0.0476. The lowest BCUT2D eigenvalue weighted by molar-refractivity contribution is 0.0606. The molecule has 0 spiro atoms. The van der Waals surface area contributed by atoms with Crippen molar-refractivity contribution >= 4 is 38.8 Å². The van der Waals surface area contributed by atoms with Crippen molar-refractivity contribution in [3.05, 3.63) is 77.9 Å². The predicted molar refractivity (Wildman–Crippen MR) is 106 cm³/mol. The zero-order valence-corrected chi connectivity index (χ0v) is 14.9. The molecule has 0 saturated heterocycles. The highest BCUT2D eigenvalue weighted by Gasteiger charge is 2.13. The summed E-state index contributed by atoms with van der Waals surface area (Å²) in [5, 5.41) is 4.34. The molecular weight excluding hydrogens is 344 g/mol. The Balaban J connectivity index is 1.63. The summed E-state index contributed by atoms with van der Waals surface area (Å²) < 4.78 is 5.75. The zero-order chi connectivity index (χ0) is 17.9. The summed E-state index contributed by atoms with van der Waals surface area (Å²) in [6, 6.07) is 20.3. The number of ether oxygens (including phenoxy) is 1. The van der Waals surface area contributed by atoms with Crippen LogP contribution in [0.4, 0.5) is 11.4 Å². The van der Waals surface area contributed by atoms with Gasteiger partial charge in [0.15, 0.2) is 0 Å². The van der Waals surface area contributed by atoms with Crippen molar-refractivity contribution in [2.45, 2.75) is 0 Å². The molecule has 4 aromatic rings. The Morgan fingerprint density at radius 1 is 1.00 bits per heavy atom. The van der Waals surface area contributed by atoms with Crippen molar-refractivity contribution in [3.8, 4) is 11.1 Å². The first-order valence-corrected chi connectivity index (χ1v) is 8.94. The SMILES string of the molecule is COC(=O)c1cc2c(Nc3ccc(-c4ccccc4)cc3)cncc2s1. The molecule has 1 N–H and O–H groups in total. The second kappa shape index (κ2) is 6.98. The van der Waals surface area contributed by atoms with Gasteiger partial charge in [0.1, 0.15) is 4.88 Å². The zero-order valence-electron chi connectivity index (χ0n) is 14.1. The molecule has 0 bridgehead atoms. The molecule has 0 atom stereocenters. The maximum absolute atomic E-state index is 11.8. The molecule has 4 nitrogen and oxygen atoms in total. The lowest BCUT2D eigenvalue weighted by Gasteiger charge is -2.08. The second-order valence-electron chi connectivity index (χ2n) is 5.77. The van der Waals surface area contributed by atoms with Crippen molar-refractivity contribution in [1.29, 1.82) is 0 Å². The summed E-state index contributed by atoms with van der Waals surface area (Å²) >= 11 is 1.38. The van der Waals surface area contributed by atoms with E-state index in [1.165, 1.54) is 24.0 Å². The summed E-state index contributed by atoms with van der Waals surface area (Å²) in [5.74, 6) is -0.329. The molecule has 0 amide bonds. The third-order valence-electron chi connectivity index (χ3n) is 4.10. The van der Waals surface area contributed by atoms with Crippen LogP contribution in [0.25, 0.3) is 21.2 Å². The molecule has 5 heteroatoms. The lowest BCUT2D eigenvalue weighted by atomic mass is 10.1. The highest BCUT2D eigenvalue weighted by atomic mass is 32.1. The highest BCUT2D eigenvalue weighted by Crippen LogP contribution is 2.32. The Morgan fingerprint density at radius 3 is 2.46 bits per heavy atom. The van der Waals surface area contributed by atoms with Gasteiger partial charge >= 0.3 is 5.97 Å². The number of nitrogens with one attached hydrogen (secondary N) is 1. The number of aromatic nitrogens is 1. The number of methoxy groups -OCH3 is 1. The Morgan fingerprint density at radius 2 is 1.73 bits per heavy atom. The number of anilines is 2. The van der Waals surface area contributed by atoms with Crippen molar-refractivity contribution in [3.63, 3.8) is 0 Å². The fourth-order valence-corrected chi connectivity index (χ4v) is 3.77. The number of esters is 1. The quantitative estimate of drug-likeness (QED) is 0.489. The van der Waals surface area contributed by atoms with Crippen LogP contribution < -0.4 is 5.32 Å². The van der Waals surface area contributed by atoms with Crippen molar-refractivity contribution in [2.24, 2.45) is 0 Å². The minimum absolute atomic E-state index is 0.329. The molecule has 0 fully saturated rings. The van der Waals surface area contributed by atoms with E-state index in [9.17, 15) is 4.79 Å². The Labute approximate surface area is 155 Å². The third kappa shape index (κ3) is 3.17. The van der Waals surface area contributed by atoms with Gasteiger partial charge in [0.05, 0.1) is 23.7 Å². The molecule has 4 rings (SSSR count). The van der Waals surface area contributed by atoms with Crippen LogP contribution in [-0.4, -0.2) is 18.1 Å². The van der Waals surface area contributed by atoms with Gasteiger partial charge in [-0.05, 0) is 29.3 Å². The third-order valence-corrected chi connectivity index (χ3v) is 5.15. The number of carbonyl (C=O) groups is 1. The van der Waals surface area contributed by atoms with Crippen LogP contribution in [0.3, 0.4) is 0 Å². The standard InChI is InChI=1S/C21H16N2O2S/c1-25-21(24)19-11-17-18(12-22-13-20(17)26-19)23-16-9-7-15(8-10-16)14-5-3-2-4-6-14/h2-13,23H,1H3. The predicted octanol–water partition coefficient (Wildman–Crippen LogP) is 5.49. The minimum atomic E-state index is -0.329. The van der Waals surface area contributed by atoms with Gasteiger partial charge < -0.3 is 10.1 Å². The monoisotopic (exact) mass is 360 g/mol. The number of hydrogen-bond acceptors (Lipinski definition) is 5. The van der Waals surface area contributed by atoms with Crippen molar-refractivity contribution in [1.82, 2.24) is 4.98 Å². The maximum atomic E-state index is 11.8. The molecule has 2 heterocycles. The van der Waals surface area contributed by atoms with E-state index in [4.69, 9.17) is 4.74 Å². The highest BCUT2D eigenvalue weighted by molar-refractivity contribution is 7.20. The van der Waals surface area contributed by atoms with Crippen LogP contribution in [0.5, 0.6) is 0 Å². The number of rotatable bonds is 4. The molecule has 2 aromatic heterocycles. The number of thiophene rings is 1. The number of benzene rings is 2. The number of nitrogens with zero attached hydrogens (tertiary/aromatic N) is 1. The van der Waals surface area contributed by atoms with Gasteiger partial charge in [-0.1, -0.05) is 42.5 Å². The smallest absolute Gasteiger partial charge is 0.348 e. The van der Waals surface area contributed by atoms with E-state index in [0.29, 0.717) is 4.88 Å². The Bertz CT molecular complexity index is 1060. The lowest BCUT2D eigenvalue weighted by Crippen LogP contribution is -1.96. The van der Waals surface area contributed by atoms with E-state index >= 15 is 0 Å². The first-order chi connectivity index (χ1) is 12.7. The number of pyridine rings is 1. The van der Waals surface area contributed by atoms with E-state index in [-0.39, 0.29) is 5.97 Å². The summed E-state index contributed by atoms with van der Waals surface area (Å²) in [5.41, 5.74) is 4.17. The molecule has 26 heavy (non-hydrogen) atoms. The van der Waals surface area contributed by atoms with Gasteiger partial charge in [-0.25, -0.2) is 4.79 Å². The number of hydrogen-bond donors (Lipinski definition) is 1. The van der Waals surface area contributed by atoms with E-state index in [2.05, 4.69) is 34.6 Å². The fourth-order valence-electron chi connectivity index (χ4n) is 2.79. The molecule has 0 radical (unpaired) electrons. The molecule has 0 aliphatic carbocycles.